The molecule has 0 saturated heterocycles. The van der Waals surface area contributed by atoms with E-state index in [0.717, 1.165) is 31.5 Å². The third kappa shape index (κ3) is 5.58. The number of nitrogens with two attached hydrogens (primary N) is 1. The van der Waals surface area contributed by atoms with Crippen LogP contribution in [0.5, 0.6) is 0 Å². The molecule has 2 amide bonds. The maximum atomic E-state index is 14.6. The van der Waals surface area contributed by atoms with Crippen molar-refractivity contribution in [3.8, 4) is 16.8 Å². The third-order valence-electron chi connectivity index (χ3n) is 6.99. The smallest absolute Gasteiger partial charge is 0.272 e. The van der Waals surface area contributed by atoms with Crippen LogP contribution >= 0.6 is 0 Å². The van der Waals surface area contributed by atoms with Gasteiger partial charge in [0.25, 0.3) is 5.91 Å². The van der Waals surface area contributed by atoms with Gasteiger partial charge >= 0.3 is 0 Å². The molecule has 4 aromatic rings. The molecule has 1 aliphatic carbocycles. The van der Waals surface area contributed by atoms with Crippen molar-refractivity contribution in [2.75, 3.05) is 7.05 Å². The zero-order valence-corrected chi connectivity index (χ0v) is 22.0. The molecular formula is C29H29FN8O2. The number of nitrogens with one attached hydrogen (secondary N) is 2. The van der Waals surface area contributed by atoms with Crippen LogP contribution in [0.1, 0.15) is 59.0 Å². The molecule has 1 saturated carbocycles. The van der Waals surface area contributed by atoms with Gasteiger partial charge in [0, 0.05) is 36.8 Å². The lowest BCUT2D eigenvalue weighted by molar-refractivity contribution is -0.114. The highest BCUT2D eigenvalue weighted by Crippen LogP contribution is 2.34. The van der Waals surface area contributed by atoms with Crippen LogP contribution < -0.4 is 11.1 Å². The first-order chi connectivity index (χ1) is 19.4. The summed E-state index contributed by atoms with van der Waals surface area (Å²) >= 11 is 0. The fourth-order valence-electron chi connectivity index (χ4n) is 4.98. The summed E-state index contributed by atoms with van der Waals surface area (Å²) in [5.41, 5.74) is 8.74. The number of halogens is 1. The molecule has 0 unspecified atom stereocenters. The van der Waals surface area contributed by atoms with Gasteiger partial charge in [-0.2, -0.15) is 5.10 Å². The van der Waals surface area contributed by atoms with Crippen LogP contribution in [-0.4, -0.2) is 51.0 Å². The summed E-state index contributed by atoms with van der Waals surface area (Å²) in [7, 11) is 1.52. The topological polar surface area (TPSA) is 143 Å². The zero-order valence-electron chi connectivity index (χ0n) is 22.0. The molecule has 204 valence electrons. The van der Waals surface area contributed by atoms with Crippen molar-refractivity contribution in [3.05, 3.63) is 83.3 Å². The molecule has 1 fully saturated rings. The van der Waals surface area contributed by atoms with E-state index in [2.05, 4.69) is 37.1 Å². The molecule has 4 N–H and O–H groups in total. The van der Waals surface area contributed by atoms with Crippen molar-refractivity contribution < 1.29 is 14.0 Å². The molecular weight excluding hydrogens is 511 g/mol. The number of carbonyl (C=O) groups excluding carboxylic acids is 2. The Morgan fingerprint density at radius 2 is 2.00 bits per heavy atom. The number of carbonyl (C=O) groups is 2. The highest BCUT2D eigenvalue weighted by Gasteiger charge is 2.26. The number of nitrogens with zero attached hydrogens (tertiary/aromatic N) is 5. The van der Waals surface area contributed by atoms with Gasteiger partial charge in [0.1, 0.15) is 23.0 Å². The first kappa shape index (κ1) is 26.7. The van der Waals surface area contributed by atoms with Gasteiger partial charge in [-0.15, -0.1) is 0 Å². The van der Waals surface area contributed by atoms with E-state index in [1.165, 1.54) is 19.2 Å². The van der Waals surface area contributed by atoms with E-state index in [-0.39, 0.29) is 12.3 Å². The third-order valence-corrected chi connectivity index (χ3v) is 6.99. The lowest BCUT2D eigenvalue weighted by atomic mass is 10.1. The number of hydrogen-bond acceptors (Lipinski definition) is 6. The second-order valence-corrected chi connectivity index (χ2v) is 9.65. The molecule has 0 aliphatic heterocycles. The zero-order chi connectivity index (χ0) is 28.2. The van der Waals surface area contributed by atoms with E-state index < -0.39 is 17.6 Å². The van der Waals surface area contributed by atoms with Crippen LogP contribution in [0.2, 0.25) is 0 Å². The summed E-state index contributed by atoms with van der Waals surface area (Å²) in [5, 5.41) is 7.17. The second kappa shape index (κ2) is 11.4. The standard InChI is InChI=1S/C29H29FN8O2/c1-32-25(24-28(33-2)37-27(36-24)18-6-3-4-7-18)29(40)34-14-17-10-20(12-22(30)11-17)21-15-35-38(16-21)23-9-5-8-19(13-23)26(31)39/h5,8-13,15-16,18H,2-4,6-7,14H2,1H3,(H2,31,39)(H,34,40)(H,36,37). The van der Waals surface area contributed by atoms with Gasteiger partial charge in [-0.1, -0.05) is 18.9 Å². The Balaban J connectivity index is 1.32. The molecule has 2 heterocycles. The van der Waals surface area contributed by atoms with Crippen LogP contribution in [0.3, 0.4) is 0 Å². The van der Waals surface area contributed by atoms with Crippen molar-refractivity contribution in [3.63, 3.8) is 0 Å². The van der Waals surface area contributed by atoms with Crippen LogP contribution in [0.15, 0.2) is 64.8 Å². The maximum Gasteiger partial charge on any atom is 0.272 e. The minimum Gasteiger partial charge on any atom is -0.366 e. The maximum absolute atomic E-state index is 14.6. The molecule has 5 rings (SSSR count). The molecule has 10 nitrogen and oxygen atoms in total. The van der Waals surface area contributed by atoms with E-state index in [9.17, 15) is 14.0 Å². The number of imidazole rings is 1. The Kier molecular flexibility index (Phi) is 7.63. The Morgan fingerprint density at radius 1 is 1.20 bits per heavy atom. The first-order valence-corrected chi connectivity index (χ1v) is 12.9. The number of benzene rings is 2. The second-order valence-electron chi connectivity index (χ2n) is 9.65. The van der Waals surface area contributed by atoms with E-state index >= 15 is 0 Å². The van der Waals surface area contributed by atoms with E-state index in [4.69, 9.17) is 5.73 Å². The van der Waals surface area contributed by atoms with Gasteiger partial charge in [-0.25, -0.2) is 19.0 Å². The number of hydrogen-bond donors (Lipinski definition) is 3. The van der Waals surface area contributed by atoms with Gasteiger partial charge in [-0.05, 0) is 67.1 Å². The molecule has 2 aromatic carbocycles. The average Bonchev–Trinajstić information content (AvgIpc) is 3.73. The predicted octanol–water partition coefficient (Wildman–Crippen LogP) is 4.23. The van der Waals surface area contributed by atoms with Gasteiger partial charge in [-0.3, -0.25) is 14.6 Å². The summed E-state index contributed by atoms with van der Waals surface area (Å²) in [4.78, 5) is 40.6. The van der Waals surface area contributed by atoms with Crippen molar-refractivity contribution in [2.45, 2.75) is 38.1 Å². The largest absolute Gasteiger partial charge is 0.366 e. The van der Waals surface area contributed by atoms with E-state index in [1.54, 1.807) is 47.4 Å². The fraction of sp³-hybridized carbons (Fsp3) is 0.241. The number of aliphatic imine (C=N–C) groups is 2. The summed E-state index contributed by atoms with van der Waals surface area (Å²) in [6.45, 7) is 3.66. The van der Waals surface area contributed by atoms with Crippen LogP contribution in [-0.2, 0) is 11.3 Å². The molecule has 2 aromatic heterocycles. The average molecular weight is 541 g/mol. The molecule has 11 heteroatoms. The van der Waals surface area contributed by atoms with Crippen molar-refractivity contribution in [1.29, 1.82) is 0 Å². The summed E-state index contributed by atoms with van der Waals surface area (Å²) in [6, 6.07) is 11.3. The van der Waals surface area contributed by atoms with Gasteiger partial charge in [0.05, 0.1) is 11.9 Å². The summed E-state index contributed by atoms with van der Waals surface area (Å²) in [5.74, 6) is -0.00669. The Labute approximate surface area is 230 Å². The first-order valence-electron chi connectivity index (χ1n) is 12.9. The monoisotopic (exact) mass is 540 g/mol. The van der Waals surface area contributed by atoms with Gasteiger partial charge in [0.2, 0.25) is 5.91 Å². The van der Waals surface area contributed by atoms with Gasteiger partial charge in [0.15, 0.2) is 5.82 Å². The van der Waals surface area contributed by atoms with Crippen LogP contribution in [0.4, 0.5) is 10.2 Å². The summed E-state index contributed by atoms with van der Waals surface area (Å²) < 4.78 is 16.2. The van der Waals surface area contributed by atoms with E-state index in [1.807, 2.05) is 0 Å². The number of rotatable bonds is 9. The number of H-pyrrole nitrogens is 1. The van der Waals surface area contributed by atoms with Crippen LogP contribution in [0, 0.1) is 5.82 Å². The molecule has 1 aliphatic rings. The van der Waals surface area contributed by atoms with Crippen LogP contribution in [0.25, 0.3) is 16.8 Å². The Morgan fingerprint density at radius 3 is 2.73 bits per heavy atom. The molecule has 0 spiro atoms. The highest BCUT2D eigenvalue weighted by molar-refractivity contribution is 6.45. The minimum absolute atomic E-state index is 0.0673. The minimum atomic E-state index is -0.541. The molecule has 40 heavy (non-hydrogen) atoms. The number of amides is 2. The Bertz CT molecular complexity index is 1610. The predicted molar refractivity (Wildman–Crippen MR) is 151 cm³/mol. The normalized spacial score (nSPS) is 13.9. The quantitative estimate of drug-likeness (QED) is 0.273. The highest BCUT2D eigenvalue weighted by atomic mass is 19.1. The van der Waals surface area contributed by atoms with Gasteiger partial charge < -0.3 is 16.0 Å². The summed E-state index contributed by atoms with van der Waals surface area (Å²) in [6.07, 6.45) is 7.68. The number of primary amides is 1. The number of aromatic amines is 1. The van der Waals surface area contributed by atoms with Crippen molar-refractivity contribution in [2.24, 2.45) is 15.7 Å². The van der Waals surface area contributed by atoms with E-state index in [0.29, 0.717) is 45.4 Å². The lowest BCUT2D eigenvalue weighted by Gasteiger charge is -2.09. The lowest BCUT2D eigenvalue weighted by Crippen LogP contribution is -2.31. The number of aromatic nitrogens is 4. The van der Waals surface area contributed by atoms with Crippen molar-refractivity contribution in [1.82, 2.24) is 25.1 Å². The Hall–Kier alpha value is -4.93. The fourth-order valence-corrected chi connectivity index (χ4v) is 4.98. The SMILES string of the molecule is C=Nc1nc(C2CCCC2)[nH]c1C(=NC)C(=O)NCc1cc(F)cc(-c2cnn(-c3cccc(C(N)=O)c3)c2)c1. The molecule has 0 bridgehead atoms. The van der Waals surface area contributed by atoms with Crippen molar-refractivity contribution >= 4 is 30.1 Å². The molecule has 0 radical (unpaired) electrons. The molecule has 0 atom stereocenters.